The molecule has 0 spiro atoms. The first-order valence-electron chi connectivity index (χ1n) is 7.68. The van der Waals surface area contributed by atoms with Crippen LogP contribution in [0.1, 0.15) is 35.2 Å². The lowest BCUT2D eigenvalue weighted by Crippen LogP contribution is -2.00. The molecule has 0 radical (unpaired) electrons. The van der Waals surface area contributed by atoms with Crippen LogP contribution in [0.3, 0.4) is 0 Å². The van der Waals surface area contributed by atoms with Gasteiger partial charge in [0.2, 0.25) is 0 Å². The largest absolute Gasteiger partial charge is 0.494 e. The first-order chi connectivity index (χ1) is 10.9. The number of benzene rings is 2. The number of carbonyl (C=O) groups excluding carboxylic acids is 1. The zero-order valence-electron chi connectivity index (χ0n) is 12.7. The fourth-order valence-corrected chi connectivity index (χ4v) is 2.11. The van der Waals surface area contributed by atoms with Gasteiger partial charge in [-0.25, -0.2) is 0 Å². The minimum absolute atomic E-state index is 0.645. The summed E-state index contributed by atoms with van der Waals surface area (Å²) in [4.78, 5) is 10.7. The molecule has 0 saturated heterocycles. The van der Waals surface area contributed by atoms with Gasteiger partial charge in [-0.3, -0.25) is 4.79 Å². The Morgan fingerprint density at radius 1 is 0.864 bits per heavy atom. The van der Waals surface area contributed by atoms with Crippen LogP contribution in [0.25, 0.3) is 0 Å². The molecule has 0 unspecified atom stereocenters. The topological polar surface area (TPSA) is 35.5 Å². The number of unbranched alkanes of at least 4 members (excludes halogenated alkanes) is 2. The summed E-state index contributed by atoms with van der Waals surface area (Å²) in [5.74, 6) is 0.755. The third-order valence-corrected chi connectivity index (χ3v) is 3.31. The van der Waals surface area contributed by atoms with Crippen LogP contribution in [-0.2, 0) is 11.3 Å². The molecule has 0 aliphatic carbocycles. The van der Waals surface area contributed by atoms with Crippen molar-refractivity contribution in [2.75, 3.05) is 13.2 Å². The summed E-state index contributed by atoms with van der Waals surface area (Å²) in [6.45, 7) is 2.12. The molecule has 0 atom stereocenters. The molecule has 2 rings (SSSR count). The van der Waals surface area contributed by atoms with E-state index in [1.54, 1.807) is 12.1 Å². The lowest BCUT2D eigenvalue weighted by atomic mass is 10.2. The molecule has 0 fully saturated rings. The van der Waals surface area contributed by atoms with E-state index in [1.807, 2.05) is 30.3 Å². The predicted molar refractivity (Wildman–Crippen MR) is 87.3 cm³/mol. The summed E-state index contributed by atoms with van der Waals surface area (Å²) in [6, 6.07) is 17.4. The van der Waals surface area contributed by atoms with Crippen molar-refractivity contribution in [3.63, 3.8) is 0 Å². The van der Waals surface area contributed by atoms with Crippen LogP contribution in [0.4, 0.5) is 0 Å². The summed E-state index contributed by atoms with van der Waals surface area (Å²) in [6.07, 6.45) is 3.92. The molecular formula is C19H22O3. The highest BCUT2D eigenvalue weighted by Gasteiger charge is 1.97. The van der Waals surface area contributed by atoms with Gasteiger partial charge in [0.25, 0.3) is 0 Å². The van der Waals surface area contributed by atoms with Gasteiger partial charge in [0, 0.05) is 12.2 Å². The van der Waals surface area contributed by atoms with E-state index in [9.17, 15) is 4.79 Å². The Morgan fingerprint density at radius 2 is 1.68 bits per heavy atom. The molecule has 0 bridgehead atoms. The van der Waals surface area contributed by atoms with Gasteiger partial charge in [0.1, 0.15) is 12.0 Å². The molecule has 0 heterocycles. The molecule has 2 aromatic rings. The van der Waals surface area contributed by atoms with Crippen LogP contribution in [0.15, 0.2) is 54.6 Å². The Balaban J connectivity index is 1.50. The maximum absolute atomic E-state index is 10.7. The Kier molecular flexibility index (Phi) is 7.19. The average molecular weight is 298 g/mol. The monoisotopic (exact) mass is 298 g/mol. The third-order valence-electron chi connectivity index (χ3n) is 3.31. The van der Waals surface area contributed by atoms with Gasteiger partial charge >= 0.3 is 0 Å². The number of carbonyl (C=O) groups is 1. The minimum atomic E-state index is 0.645. The standard InChI is InChI=1S/C19H22O3/c20-15-18-10-7-11-19(14-18)22-13-6-2-5-12-21-16-17-8-3-1-4-9-17/h1,3-4,7-11,14-15H,2,5-6,12-13,16H2. The Morgan fingerprint density at radius 3 is 2.50 bits per heavy atom. The van der Waals surface area contributed by atoms with Crippen molar-refractivity contribution in [2.45, 2.75) is 25.9 Å². The van der Waals surface area contributed by atoms with Crippen molar-refractivity contribution in [1.82, 2.24) is 0 Å². The summed E-state index contributed by atoms with van der Waals surface area (Å²) in [7, 11) is 0. The van der Waals surface area contributed by atoms with Crippen molar-refractivity contribution >= 4 is 6.29 Å². The minimum Gasteiger partial charge on any atom is -0.494 e. The van der Waals surface area contributed by atoms with E-state index in [4.69, 9.17) is 9.47 Å². The van der Waals surface area contributed by atoms with E-state index in [0.717, 1.165) is 37.9 Å². The van der Waals surface area contributed by atoms with Crippen LogP contribution in [0, 0.1) is 0 Å². The average Bonchev–Trinajstić information content (AvgIpc) is 2.58. The number of hydrogen-bond acceptors (Lipinski definition) is 3. The quantitative estimate of drug-likeness (QED) is 0.485. The van der Waals surface area contributed by atoms with Gasteiger partial charge in [0.15, 0.2) is 0 Å². The van der Waals surface area contributed by atoms with Crippen molar-refractivity contribution in [1.29, 1.82) is 0 Å². The maximum Gasteiger partial charge on any atom is 0.150 e. The lowest BCUT2D eigenvalue weighted by molar-refractivity contribution is 0.112. The number of hydrogen-bond donors (Lipinski definition) is 0. The normalized spacial score (nSPS) is 10.4. The van der Waals surface area contributed by atoms with Crippen molar-refractivity contribution in [2.24, 2.45) is 0 Å². The molecular weight excluding hydrogens is 276 g/mol. The SMILES string of the molecule is O=Cc1cccc(OCCCCCOCc2ccccc2)c1. The molecule has 2 aromatic carbocycles. The zero-order valence-corrected chi connectivity index (χ0v) is 12.7. The van der Waals surface area contributed by atoms with Crippen molar-refractivity contribution in [3.05, 3.63) is 65.7 Å². The summed E-state index contributed by atoms with van der Waals surface area (Å²) < 4.78 is 11.3. The fourth-order valence-electron chi connectivity index (χ4n) is 2.11. The van der Waals surface area contributed by atoms with Crippen molar-refractivity contribution in [3.8, 4) is 5.75 Å². The lowest BCUT2D eigenvalue weighted by Gasteiger charge is -2.07. The van der Waals surface area contributed by atoms with E-state index < -0.39 is 0 Å². The molecule has 0 amide bonds. The Bertz CT molecular complexity index is 552. The number of rotatable bonds is 10. The van der Waals surface area contributed by atoms with E-state index in [2.05, 4.69) is 12.1 Å². The van der Waals surface area contributed by atoms with Gasteiger partial charge in [-0.1, -0.05) is 42.5 Å². The van der Waals surface area contributed by atoms with Gasteiger partial charge in [-0.05, 0) is 37.0 Å². The van der Waals surface area contributed by atoms with Gasteiger partial charge < -0.3 is 9.47 Å². The second-order valence-corrected chi connectivity index (χ2v) is 5.14. The Hall–Kier alpha value is -2.13. The first-order valence-corrected chi connectivity index (χ1v) is 7.68. The number of ether oxygens (including phenoxy) is 2. The Labute approximate surface area is 131 Å². The summed E-state index contributed by atoms with van der Waals surface area (Å²) >= 11 is 0. The molecule has 0 aliphatic heterocycles. The second kappa shape index (κ2) is 9.74. The third kappa shape index (κ3) is 6.10. The highest BCUT2D eigenvalue weighted by molar-refractivity contribution is 5.75. The van der Waals surface area contributed by atoms with Gasteiger partial charge in [-0.2, -0.15) is 0 Å². The van der Waals surface area contributed by atoms with E-state index in [-0.39, 0.29) is 0 Å². The summed E-state index contributed by atoms with van der Waals surface area (Å²) in [5.41, 5.74) is 1.85. The van der Waals surface area contributed by atoms with Crippen molar-refractivity contribution < 1.29 is 14.3 Å². The number of aldehydes is 1. The smallest absolute Gasteiger partial charge is 0.150 e. The van der Waals surface area contributed by atoms with E-state index >= 15 is 0 Å². The van der Waals surface area contributed by atoms with E-state index in [0.29, 0.717) is 18.8 Å². The van der Waals surface area contributed by atoms with Crippen LogP contribution in [-0.4, -0.2) is 19.5 Å². The molecule has 3 heteroatoms. The maximum atomic E-state index is 10.7. The van der Waals surface area contributed by atoms with Crippen LogP contribution in [0.5, 0.6) is 5.75 Å². The molecule has 22 heavy (non-hydrogen) atoms. The van der Waals surface area contributed by atoms with Crippen LogP contribution >= 0.6 is 0 Å². The predicted octanol–water partition coefficient (Wildman–Crippen LogP) is 4.27. The van der Waals surface area contributed by atoms with Crippen LogP contribution in [0.2, 0.25) is 0 Å². The second-order valence-electron chi connectivity index (χ2n) is 5.14. The zero-order chi connectivity index (χ0) is 15.5. The molecule has 0 aromatic heterocycles. The van der Waals surface area contributed by atoms with Crippen LogP contribution < -0.4 is 4.74 Å². The van der Waals surface area contributed by atoms with Gasteiger partial charge in [-0.15, -0.1) is 0 Å². The molecule has 116 valence electrons. The van der Waals surface area contributed by atoms with E-state index in [1.165, 1.54) is 5.56 Å². The molecule has 0 aliphatic rings. The fraction of sp³-hybridized carbons (Fsp3) is 0.316. The van der Waals surface area contributed by atoms with Gasteiger partial charge in [0.05, 0.1) is 13.2 Å². The highest BCUT2D eigenvalue weighted by Crippen LogP contribution is 2.12. The molecule has 0 N–H and O–H groups in total. The molecule has 3 nitrogen and oxygen atoms in total. The first kappa shape index (κ1) is 16.2. The summed E-state index contributed by atoms with van der Waals surface area (Å²) in [5, 5.41) is 0. The molecule has 0 saturated carbocycles. The highest BCUT2D eigenvalue weighted by atomic mass is 16.5.